The summed E-state index contributed by atoms with van der Waals surface area (Å²) in [6, 6.07) is -0.0446. The zero-order valence-corrected chi connectivity index (χ0v) is 11.8. The minimum atomic E-state index is -3.61. The Balaban J connectivity index is 2.29. The Bertz CT molecular complexity index is 528. The van der Waals surface area contributed by atoms with Gasteiger partial charge < -0.3 is 10.3 Å². The Morgan fingerprint density at radius 3 is 2.67 bits per heavy atom. The first kappa shape index (κ1) is 13.4. The average Bonchev–Trinajstić information content (AvgIpc) is 2.71. The van der Waals surface area contributed by atoms with Crippen LogP contribution in [0.4, 0.5) is 5.82 Å². The van der Waals surface area contributed by atoms with Gasteiger partial charge in [0.05, 0.1) is 6.33 Å². The molecule has 1 aromatic heterocycles. The number of nitrogens with two attached hydrogens (primary N) is 1. The van der Waals surface area contributed by atoms with Crippen LogP contribution in [0, 0.1) is 5.41 Å². The van der Waals surface area contributed by atoms with E-state index in [1.807, 2.05) is 0 Å². The summed E-state index contributed by atoms with van der Waals surface area (Å²) in [5, 5.41) is 0.0465. The molecule has 1 aliphatic rings. The Kier molecular flexibility index (Phi) is 3.14. The van der Waals surface area contributed by atoms with Gasteiger partial charge in [-0.3, -0.25) is 0 Å². The SMILES string of the molecule is Cn1cnc(N)c1S(=O)(=O)NC1CCCC1(C)C. The van der Waals surface area contributed by atoms with Gasteiger partial charge in [-0.1, -0.05) is 20.3 Å². The van der Waals surface area contributed by atoms with E-state index in [4.69, 9.17) is 5.73 Å². The molecule has 0 saturated heterocycles. The predicted molar refractivity (Wildman–Crippen MR) is 69.4 cm³/mol. The summed E-state index contributed by atoms with van der Waals surface area (Å²) in [6.45, 7) is 4.17. The molecule has 0 radical (unpaired) electrons. The minimum Gasteiger partial charge on any atom is -0.381 e. The monoisotopic (exact) mass is 272 g/mol. The van der Waals surface area contributed by atoms with Crippen molar-refractivity contribution in [3.05, 3.63) is 6.33 Å². The van der Waals surface area contributed by atoms with Gasteiger partial charge in [0.25, 0.3) is 10.0 Å². The number of aryl methyl sites for hydroxylation is 1. The summed E-state index contributed by atoms with van der Waals surface area (Å²) in [5.74, 6) is 0.0424. The number of nitrogens with one attached hydrogen (secondary N) is 1. The fraction of sp³-hybridized carbons (Fsp3) is 0.727. The average molecular weight is 272 g/mol. The number of aromatic nitrogens is 2. The zero-order chi connectivity index (χ0) is 13.6. The van der Waals surface area contributed by atoms with Crippen molar-refractivity contribution in [1.29, 1.82) is 0 Å². The van der Waals surface area contributed by atoms with Crippen molar-refractivity contribution in [3.8, 4) is 0 Å². The van der Waals surface area contributed by atoms with E-state index in [0.29, 0.717) is 0 Å². The van der Waals surface area contributed by atoms with E-state index in [1.54, 1.807) is 7.05 Å². The molecular weight excluding hydrogens is 252 g/mol. The van der Waals surface area contributed by atoms with Crippen LogP contribution in [-0.4, -0.2) is 24.0 Å². The van der Waals surface area contributed by atoms with Crippen molar-refractivity contribution >= 4 is 15.8 Å². The quantitative estimate of drug-likeness (QED) is 0.854. The van der Waals surface area contributed by atoms with E-state index in [1.165, 1.54) is 10.9 Å². The maximum atomic E-state index is 12.3. The van der Waals surface area contributed by atoms with Crippen LogP contribution >= 0.6 is 0 Å². The van der Waals surface area contributed by atoms with Crippen molar-refractivity contribution < 1.29 is 8.42 Å². The van der Waals surface area contributed by atoms with E-state index in [0.717, 1.165) is 19.3 Å². The number of sulfonamides is 1. The molecule has 0 aliphatic heterocycles. The summed E-state index contributed by atoms with van der Waals surface area (Å²) < 4.78 is 28.8. The summed E-state index contributed by atoms with van der Waals surface area (Å²) in [6.07, 6.45) is 4.34. The molecule has 1 unspecified atom stereocenters. The lowest BCUT2D eigenvalue weighted by Gasteiger charge is -2.27. The molecule has 0 aromatic carbocycles. The molecule has 1 fully saturated rings. The first-order valence-corrected chi connectivity index (χ1v) is 7.51. The number of imidazole rings is 1. The van der Waals surface area contributed by atoms with Crippen LogP contribution in [0.25, 0.3) is 0 Å². The van der Waals surface area contributed by atoms with Crippen molar-refractivity contribution in [2.24, 2.45) is 12.5 Å². The summed E-state index contributed by atoms with van der Waals surface area (Å²) in [4.78, 5) is 3.81. The van der Waals surface area contributed by atoms with Gasteiger partial charge in [0.15, 0.2) is 10.8 Å². The van der Waals surface area contributed by atoms with E-state index in [-0.39, 0.29) is 22.3 Å². The third-order valence-electron chi connectivity index (χ3n) is 3.72. The summed E-state index contributed by atoms with van der Waals surface area (Å²) in [7, 11) is -1.98. The van der Waals surface area contributed by atoms with Crippen LogP contribution in [-0.2, 0) is 17.1 Å². The molecule has 7 heteroatoms. The summed E-state index contributed by atoms with van der Waals surface area (Å²) in [5.41, 5.74) is 5.60. The van der Waals surface area contributed by atoms with Gasteiger partial charge in [-0.05, 0) is 18.3 Å². The highest BCUT2D eigenvalue weighted by Gasteiger charge is 2.38. The standard InChI is InChI=1S/C11H20N4O2S/c1-11(2)6-4-5-8(11)14-18(16,17)10-9(12)13-7-15(10)3/h7-8,14H,4-6,12H2,1-3H3. The van der Waals surface area contributed by atoms with E-state index < -0.39 is 10.0 Å². The summed E-state index contributed by atoms with van der Waals surface area (Å²) >= 11 is 0. The van der Waals surface area contributed by atoms with Gasteiger partial charge in [-0.2, -0.15) is 0 Å². The van der Waals surface area contributed by atoms with Crippen LogP contribution in [0.15, 0.2) is 11.4 Å². The van der Waals surface area contributed by atoms with Crippen LogP contribution in [0.1, 0.15) is 33.1 Å². The number of nitrogens with zero attached hydrogens (tertiary/aromatic N) is 2. The van der Waals surface area contributed by atoms with Gasteiger partial charge >= 0.3 is 0 Å². The number of rotatable bonds is 3. The van der Waals surface area contributed by atoms with Crippen LogP contribution in [0.2, 0.25) is 0 Å². The van der Waals surface area contributed by atoms with Crippen LogP contribution in [0.3, 0.4) is 0 Å². The highest BCUT2D eigenvalue weighted by molar-refractivity contribution is 7.89. The second kappa shape index (κ2) is 4.24. The fourth-order valence-electron chi connectivity index (χ4n) is 2.55. The Morgan fingerprint density at radius 2 is 2.22 bits per heavy atom. The van der Waals surface area contributed by atoms with Crippen LogP contribution in [0.5, 0.6) is 0 Å². The van der Waals surface area contributed by atoms with Gasteiger partial charge in [-0.25, -0.2) is 18.1 Å². The predicted octanol–water partition coefficient (Wildman–Crippen LogP) is 0.859. The van der Waals surface area contributed by atoms with E-state index in [9.17, 15) is 8.42 Å². The van der Waals surface area contributed by atoms with Crippen molar-refractivity contribution in [1.82, 2.24) is 14.3 Å². The molecule has 0 spiro atoms. The zero-order valence-electron chi connectivity index (χ0n) is 11.0. The van der Waals surface area contributed by atoms with Crippen LogP contribution < -0.4 is 10.5 Å². The lowest BCUT2D eigenvalue weighted by molar-refractivity contribution is 0.312. The van der Waals surface area contributed by atoms with E-state index in [2.05, 4.69) is 23.6 Å². The molecule has 2 rings (SSSR count). The molecule has 1 saturated carbocycles. The molecule has 3 N–H and O–H groups in total. The molecule has 0 bridgehead atoms. The third kappa shape index (κ3) is 2.24. The molecule has 6 nitrogen and oxygen atoms in total. The van der Waals surface area contributed by atoms with Gasteiger partial charge in [-0.15, -0.1) is 0 Å². The first-order chi connectivity index (χ1) is 8.24. The Labute approximate surface area is 108 Å². The topological polar surface area (TPSA) is 90.0 Å². The smallest absolute Gasteiger partial charge is 0.260 e. The lowest BCUT2D eigenvalue weighted by atomic mass is 9.88. The highest BCUT2D eigenvalue weighted by Crippen LogP contribution is 2.38. The molecule has 1 atom stereocenters. The number of hydrogen-bond acceptors (Lipinski definition) is 4. The third-order valence-corrected chi connectivity index (χ3v) is 5.32. The molecule has 1 heterocycles. The maximum Gasteiger partial charge on any atom is 0.260 e. The first-order valence-electron chi connectivity index (χ1n) is 6.03. The van der Waals surface area contributed by atoms with Gasteiger partial charge in [0.2, 0.25) is 0 Å². The largest absolute Gasteiger partial charge is 0.381 e. The minimum absolute atomic E-state index is 0.0135. The normalized spacial score (nSPS) is 23.4. The van der Waals surface area contributed by atoms with Gasteiger partial charge in [0, 0.05) is 13.1 Å². The second-order valence-corrected chi connectivity index (χ2v) is 7.23. The molecule has 0 amide bonds. The highest BCUT2D eigenvalue weighted by atomic mass is 32.2. The molecular formula is C11H20N4O2S. The van der Waals surface area contributed by atoms with Gasteiger partial charge in [0.1, 0.15) is 0 Å². The second-order valence-electron chi connectivity index (χ2n) is 5.60. The number of nitrogen functional groups attached to an aromatic ring is 1. The molecule has 18 heavy (non-hydrogen) atoms. The molecule has 102 valence electrons. The number of hydrogen-bond donors (Lipinski definition) is 2. The maximum absolute atomic E-state index is 12.3. The number of anilines is 1. The van der Waals surface area contributed by atoms with Crippen molar-refractivity contribution in [3.63, 3.8) is 0 Å². The Morgan fingerprint density at radius 1 is 1.56 bits per heavy atom. The molecule has 1 aromatic rings. The fourth-order valence-corrected chi connectivity index (χ4v) is 4.23. The van der Waals surface area contributed by atoms with Crippen molar-refractivity contribution in [2.45, 2.75) is 44.2 Å². The van der Waals surface area contributed by atoms with Crippen molar-refractivity contribution in [2.75, 3.05) is 5.73 Å². The Hall–Kier alpha value is -1.08. The molecule has 1 aliphatic carbocycles. The van der Waals surface area contributed by atoms with E-state index >= 15 is 0 Å². The lowest BCUT2D eigenvalue weighted by Crippen LogP contribution is -2.42.